The monoisotopic (exact) mass is 330 g/mol. The van der Waals surface area contributed by atoms with E-state index in [4.69, 9.17) is 27.9 Å². The molecule has 1 aliphatic heterocycles. The molecule has 110 valence electrons. The van der Waals surface area contributed by atoms with E-state index < -0.39 is 5.60 Å². The fourth-order valence-corrected chi connectivity index (χ4v) is 3.44. The molecule has 1 atom stereocenters. The normalized spacial score (nSPS) is 19.1. The van der Waals surface area contributed by atoms with Crippen LogP contribution in [-0.2, 0) is 10.3 Å². The van der Waals surface area contributed by atoms with E-state index in [1.165, 1.54) is 0 Å². The fourth-order valence-electron chi connectivity index (χ4n) is 2.88. The summed E-state index contributed by atoms with van der Waals surface area (Å²) in [6.45, 7) is 0. The van der Waals surface area contributed by atoms with Gasteiger partial charge < -0.3 is 9.30 Å². The van der Waals surface area contributed by atoms with Crippen LogP contribution in [-0.4, -0.2) is 9.55 Å². The van der Waals surface area contributed by atoms with Gasteiger partial charge in [0.05, 0.1) is 6.33 Å². The van der Waals surface area contributed by atoms with E-state index in [0.717, 1.165) is 11.1 Å². The molecule has 0 aliphatic carbocycles. The van der Waals surface area contributed by atoms with Gasteiger partial charge in [0.15, 0.2) is 11.8 Å². The molecule has 0 amide bonds. The van der Waals surface area contributed by atoms with Crippen molar-refractivity contribution in [3.63, 3.8) is 0 Å². The minimum atomic E-state index is -0.683. The number of aromatic nitrogens is 2. The van der Waals surface area contributed by atoms with Crippen molar-refractivity contribution in [3.8, 4) is 0 Å². The van der Waals surface area contributed by atoms with E-state index in [1.807, 2.05) is 59.3 Å². The third-order valence-corrected chi connectivity index (χ3v) is 4.59. The van der Waals surface area contributed by atoms with Gasteiger partial charge in [-0.25, -0.2) is 4.98 Å². The molecular weight excluding hydrogens is 319 g/mol. The highest BCUT2D eigenvalue weighted by Crippen LogP contribution is 2.61. The highest BCUT2D eigenvalue weighted by molar-refractivity contribution is 6.32. The van der Waals surface area contributed by atoms with Crippen LogP contribution in [0.3, 0.4) is 0 Å². The van der Waals surface area contributed by atoms with E-state index in [1.54, 1.807) is 12.5 Å². The Hall–Kier alpha value is -1.81. The summed E-state index contributed by atoms with van der Waals surface area (Å²) in [6.07, 6.45) is 5.13. The van der Waals surface area contributed by atoms with Crippen LogP contribution in [0.4, 0.5) is 0 Å². The molecule has 2 aromatic carbocycles. The van der Waals surface area contributed by atoms with Gasteiger partial charge in [-0.3, -0.25) is 0 Å². The number of nitrogens with zero attached hydrogens (tertiary/aromatic N) is 2. The Morgan fingerprint density at radius 2 is 1.55 bits per heavy atom. The van der Waals surface area contributed by atoms with Gasteiger partial charge in [0.2, 0.25) is 0 Å². The van der Waals surface area contributed by atoms with Gasteiger partial charge in [0, 0.05) is 33.6 Å². The number of hydrogen-bond donors (Lipinski definition) is 0. The van der Waals surface area contributed by atoms with Gasteiger partial charge in [-0.1, -0.05) is 59.6 Å². The molecule has 1 fully saturated rings. The zero-order valence-electron chi connectivity index (χ0n) is 11.5. The van der Waals surface area contributed by atoms with Gasteiger partial charge in [0.25, 0.3) is 0 Å². The quantitative estimate of drug-likeness (QED) is 0.653. The fraction of sp³-hybridized carbons (Fsp3) is 0.118. The topological polar surface area (TPSA) is 30.4 Å². The summed E-state index contributed by atoms with van der Waals surface area (Å²) in [5.74, 6) is 0. The number of imidazole rings is 1. The predicted molar refractivity (Wildman–Crippen MR) is 86.0 cm³/mol. The van der Waals surface area contributed by atoms with E-state index >= 15 is 0 Å². The molecule has 0 spiro atoms. The molecule has 0 N–H and O–H groups in total. The van der Waals surface area contributed by atoms with Crippen molar-refractivity contribution in [2.24, 2.45) is 0 Å². The Kier molecular flexibility index (Phi) is 3.22. The summed E-state index contributed by atoms with van der Waals surface area (Å²) in [5, 5.41) is 1.31. The lowest BCUT2D eigenvalue weighted by molar-refractivity contribution is 0.304. The molecule has 1 saturated heterocycles. The van der Waals surface area contributed by atoms with Crippen LogP contribution < -0.4 is 0 Å². The van der Waals surface area contributed by atoms with Crippen LogP contribution in [0, 0.1) is 0 Å². The first kappa shape index (κ1) is 13.8. The first-order valence-corrected chi connectivity index (χ1v) is 7.64. The Bertz CT molecular complexity index is 772. The lowest BCUT2D eigenvalue weighted by Gasteiger charge is -2.17. The highest BCUT2D eigenvalue weighted by Gasteiger charge is 2.62. The Labute approximate surface area is 138 Å². The SMILES string of the molecule is Clc1ccccc1C1(c2ccccc2Cl)OC1n1ccnc1. The molecule has 0 radical (unpaired) electrons. The number of rotatable bonds is 3. The maximum Gasteiger partial charge on any atom is 0.174 e. The van der Waals surface area contributed by atoms with Crippen molar-refractivity contribution in [2.45, 2.75) is 11.8 Å². The zero-order valence-corrected chi connectivity index (χ0v) is 13.0. The van der Waals surface area contributed by atoms with E-state index in [9.17, 15) is 0 Å². The van der Waals surface area contributed by atoms with Crippen molar-refractivity contribution >= 4 is 23.2 Å². The average Bonchev–Trinajstić information content (AvgIpc) is 3.03. The second-order valence-electron chi connectivity index (χ2n) is 5.18. The molecule has 3 aromatic rings. The standard InChI is InChI=1S/C17H12Cl2N2O/c18-14-7-3-1-5-12(14)17(13-6-2-4-8-15(13)19)16(22-17)21-10-9-20-11-21/h1-11,16H. The Morgan fingerprint density at radius 1 is 0.955 bits per heavy atom. The summed E-state index contributed by atoms with van der Waals surface area (Å²) in [7, 11) is 0. The lowest BCUT2D eigenvalue weighted by atomic mass is 9.90. The lowest BCUT2D eigenvalue weighted by Crippen LogP contribution is -2.15. The molecule has 3 nitrogen and oxygen atoms in total. The van der Waals surface area contributed by atoms with Crippen molar-refractivity contribution < 1.29 is 4.74 Å². The number of hydrogen-bond acceptors (Lipinski definition) is 2. The van der Waals surface area contributed by atoms with Gasteiger partial charge in [-0.05, 0) is 12.1 Å². The van der Waals surface area contributed by atoms with Gasteiger partial charge in [-0.15, -0.1) is 0 Å². The van der Waals surface area contributed by atoms with Crippen molar-refractivity contribution in [1.29, 1.82) is 0 Å². The highest BCUT2D eigenvalue weighted by atomic mass is 35.5. The molecule has 0 bridgehead atoms. The van der Waals surface area contributed by atoms with Crippen molar-refractivity contribution in [1.82, 2.24) is 9.55 Å². The van der Waals surface area contributed by atoms with Crippen LogP contribution in [0.1, 0.15) is 17.4 Å². The number of halogens is 2. The maximum absolute atomic E-state index is 6.43. The average molecular weight is 331 g/mol. The summed E-state index contributed by atoms with van der Waals surface area (Å²) in [5.41, 5.74) is 1.13. The molecule has 2 heterocycles. The summed E-state index contributed by atoms with van der Waals surface area (Å²) >= 11 is 12.9. The van der Waals surface area contributed by atoms with Crippen LogP contribution in [0.25, 0.3) is 0 Å². The second kappa shape index (κ2) is 5.13. The summed E-state index contributed by atoms with van der Waals surface area (Å²) < 4.78 is 8.06. The van der Waals surface area contributed by atoms with E-state index in [-0.39, 0.29) is 6.23 Å². The van der Waals surface area contributed by atoms with E-state index in [2.05, 4.69) is 4.98 Å². The third-order valence-electron chi connectivity index (χ3n) is 3.93. The molecule has 1 aromatic heterocycles. The molecule has 1 aliphatic rings. The minimum absolute atomic E-state index is 0.213. The molecule has 5 heteroatoms. The smallest absolute Gasteiger partial charge is 0.174 e. The summed E-state index contributed by atoms with van der Waals surface area (Å²) in [6, 6.07) is 15.4. The van der Waals surface area contributed by atoms with Crippen molar-refractivity contribution in [2.75, 3.05) is 0 Å². The van der Waals surface area contributed by atoms with Crippen LogP contribution in [0.15, 0.2) is 67.3 Å². The largest absolute Gasteiger partial charge is 0.333 e. The number of benzene rings is 2. The maximum atomic E-state index is 6.43. The Balaban J connectivity index is 1.92. The number of epoxide rings is 1. The molecule has 4 rings (SSSR count). The van der Waals surface area contributed by atoms with Gasteiger partial charge in [-0.2, -0.15) is 0 Å². The van der Waals surface area contributed by atoms with E-state index in [0.29, 0.717) is 10.0 Å². The Morgan fingerprint density at radius 3 is 2.05 bits per heavy atom. The van der Waals surface area contributed by atoms with Gasteiger partial charge >= 0.3 is 0 Å². The van der Waals surface area contributed by atoms with Crippen molar-refractivity contribution in [3.05, 3.63) is 88.4 Å². The van der Waals surface area contributed by atoms with Gasteiger partial charge in [0.1, 0.15) is 0 Å². The van der Waals surface area contributed by atoms with Crippen LogP contribution >= 0.6 is 23.2 Å². The molecule has 0 saturated carbocycles. The molecular formula is C17H12Cl2N2O. The van der Waals surface area contributed by atoms with Crippen LogP contribution in [0.5, 0.6) is 0 Å². The third kappa shape index (κ3) is 1.97. The van der Waals surface area contributed by atoms with Crippen LogP contribution in [0.2, 0.25) is 10.0 Å². The first-order chi connectivity index (χ1) is 10.7. The first-order valence-electron chi connectivity index (χ1n) is 6.89. The minimum Gasteiger partial charge on any atom is -0.333 e. The molecule has 22 heavy (non-hydrogen) atoms. The predicted octanol–water partition coefficient (Wildman–Crippen LogP) is 4.66. The zero-order chi connectivity index (χ0) is 15.2. The number of ether oxygens (including phenoxy) is 1. The second-order valence-corrected chi connectivity index (χ2v) is 5.99. The summed E-state index contributed by atoms with van der Waals surface area (Å²) in [4.78, 5) is 4.10. The molecule has 1 unspecified atom stereocenters.